The molecule has 5 heteroatoms. The second-order valence-electron chi connectivity index (χ2n) is 7.13. The number of aryl methyl sites for hydroxylation is 2. The third-order valence-corrected chi connectivity index (χ3v) is 4.77. The highest BCUT2D eigenvalue weighted by atomic mass is 16.5. The van der Waals surface area contributed by atoms with Crippen molar-refractivity contribution in [3.63, 3.8) is 0 Å². The zero-order chi connectivity index (χ0) is 21.5. The van der Waals surface area contributed by atoms with E-state index in [-0.39, 0.29) is 0 Å². The Morgan fingerprint density at radius 2 is 1.60 bits per heavy atom. The van der Waals surface area contributed by atoms with E-state index in [0.29, 0.717) is 23.6 Å². The fraction of sp³-hybridized carbons (Fsp3) is 0.200. The minimum atomic E-state index is -0.923. The topological polar surface area (TPSA) is 64.6 Å². The summed E-state index contributed by atoms with van der Waals surface area (Å²) in [5.41, 5.74) is 4.19. The summed E-state index contributed by atoms with van der Waals surface area (Å²) in [6, 6.07) is 22.3. The second kappa shape index (κ2) is 9.74. The molecule has 30 heavy (non-hydrogen) atoms. The van der Waals surface area contributed by atoms with Crippen molar-refractivity contribution in [2.45, 2.75) is 33.5 Å². The van der Waals surface area contributed by atoms with Gasteiger partial charge in [0.25, 0.3) is 5.91 Å². The lowest BCUT2D eigenvalue weighted by Crippen LogP contribution is -2.30. The van der Waals surface area contributed by atoms with Crippen LogP contribution in [0.5, 0.6) is 5.75 Å². The second-order valence-corrected chi connectivity index (χ2v) is 7.13. The highest BCUT2D eigenvalue weighted by Crippen LogP contribution is 2.18. The molecule has 1 amide bonds. The molecule has 0 saturated heterocycles. The molecule has 0 aliphatic heterocycles. The third kappa shape index (κ3) is 5.70. The molecule has 1 atom stereocenters. The van der Waals surface area contributed by atoms with Gasteiger partial charge in [0, 0.05) is 5.69 Å². The van der Waals surface area contributed by atoms with Gasteiger partial charge < -0.3 is 14.8 Å². The van der Waals surface area contributed by atoms with E-state index in [4.69, 9.17) is 9.47 Å². The predicted octanol–water partition coefficient (Wildman–Crippen LogP) is 5.07. The van der Waals surface area contributed by atoms with E-state index in [0.717, 1.165) is 16.7 Å². The van der Waals surface area contributed by atoms with Crippen molar-refractivity contribution in [1.82, 2.24) is 0 Å². The van der Waals surface area contributed by atoms with Crippen LogP contribution in [0.25, 0.3) is 0 Å². The molecular weight excluding hydrogens is 378 g/mol. The maximum absolute atomic E-state index is 12.4. The van der Waals surface area contributed by atoms with E-state index in [1.165, 1.54) is 0 Å². The van der Waals surface area contributed by atoms with Gasteiger partial charge in [0.15, 0.2) is 6.10 Å². The molecule has 154 valence electrons. The van der Waals surface area contributed by atoms with Gasteiger partial charge in [-0.25, -0.2) is 4.79 Å². The number of carbonyl (C=O) groups is 2. The Hall–Kier alpha value is -3.60. The van der Waals surface area contributed by atoms with Gasteiger partial charge in [-0.1, -0.05) is 36.4 Å². The Morgan fingerprint density at radius 1 is 0.900 bits per heavy atom. The van der Waals surface area contributed by atoms with E-state index in [2.05, 4.69) is 5.32 Å². The average molecular weight is 403 g/mol. The Bertz CT molecular complexity index is 1010. The highest BCUT2D eigenvalue weighted by molar-refractivity contribution is 5.97. The number of benzene rings is 3. The molecule has 0 aliphatic rings. The molecule has 0 unspecified atom stereocenters. The lowest BCUT2D eigenvalue weighted by molar-refractivity contribution is -0.123. The molecular formula is C25H25NO4. The van der Waals surface area contributed by atoms with Crippen LogP contribution in [-0.2, 0) is 16.1 Å². The first-order valence-electron chi connectivity index (χ1n) is 9.78. The summed E-state index contributed by atoms with van der Waals surface area (Å²) in [6.45, 7) is 5.91. The van der Waals surface area contributed by atoms with Crippen molar-refractivity contribution >= 4 is 17.6 Å². The molecule has 3 aromatic rings. The van der Waals surface area contributed by atoms with Crippen molar-refractivity contribution in [1.29, 1.82) is 0 Å². The van der Waals surface area contributed by atoms with E-state index < -0.39 is 18.0 Å². The standard InChI is InChI=1S/C25H25NO4/c1-17-9-10-21(15-18(17)2)25(28)30-19(3)24(27)26-22-11-13-23(14-12-22)29-16-20-7-5-4-6-8-20/h4-15,19H,16H2,1-3H3,(H,26,27)/t19-/m1/s1. The quantitative estimate of drug-likeness (QED) is 0.560. The summed E-state index contributed by atoms with van der Waals surface area (Å²) in [5, 5.41) is 2.75. The van der Waals surface area contributed by atoms with Crippen LogP contribution in [0.1, 0.15) is 34.0 Å². The largest absolute Gasteiger partial charge is 0.489 e. The van der Waals surface area contributed by atoms with Crippen molar-refractivity contribution in [3.05, 3.63) is 95.1 Å². The van der Waals surface area contributed by atoms with Crippen LogP contribution in [0.3, 0.4) is 0 Å². The van der Waals surface area contributed by atoms with E-state index in [1.807, 2.05) is 50.2 Å². The molecule has 0 aromatic heterocycles. The number of hydrogen-bond donors (Lipinski definition) is 1. The molecule has 0 bridgehead atoms. The number of amides is 1. The van der Waals surface area contributed by atoms with Crippen LogP contribution in [0.4, 0.5) is 5.69 Å². The minimum absolute atomic E-state index is 0.398. The average Bonchev–Trinajstić information content (AvgIpc) is 2.75. The van der Waals surface area contributed by atoms with Gasteiger partial charge in [-0.2, -0.15) is 0 Å². The summed E-state index contributed by atoms with van der Waals surface area (Å²) in [5.74, 6) is -0.221. The van der Waals surface area contributed by atoms with E-state index in [9.17, 15) is 9.59 Å². The number of ether oxygens (including phenoxy) is 2. The number of hydrogen-bond acceptors (Lipinski definition) is 4. The highest BCUT2D eigenvalue weighted by Gasteiger charge is 2.19. The molecule has 1 N–H and O–H groups in total. The Balaban J connectivity index is 1.51. The number of nitrogens with one attached hydrogen (secondary N) is 1. The molecule has 3 aromatic carbocycles. The summed E-state index contributed by atoms with van der Waals surface area (Å²) in [4.78, 5) is 24.7. The maximum Gasteiger partial charge on any atom is 0.338 e. The lowest BCUT2D eigenvalue weighted by atomic mass is 10.1. The van der Waals surface area contributed by atoms with Crippen LogP contribution in [0.2, 0.25) is 0 Å². The number of esters is 1. The van der Waals surface area contributed by atoms with Gasteiger partial charge in [0.2, 0.25) is 0 Å². The first-order chi connectivity index (χ1) is 14.4. The molecule has 0 radical (unpaired) electrons. The van der Waals surface area contributed by atoms with Gasteiger partial charge in [0.05, 0.1) is 5.56 Å². The van der Waals surface area contributed by atoms with Gasteiger partial charge in [0.1, 0.15) is 12.4 Å². The zero-order valence-corrected chi connectivity index (χ0v) is 17.3. The van der Waals surface area contributed by atoms with Gasteiger partial charge >= 0.3 is 5.97 Å². The Morgan fingerprint density at radius 3 is 2.27 bits per heavy atom. The Labute approximate surface area is 176 Å². The molecule has 3 rings (SSSR count). The monoisotopic (exact) mass is 403 g/mol. The van der Waals surface area contributed by atoms with Crippen molar-refractivity contribution in [3.8, 4) is 5.75 Å². The van der Waals surface area contributed by atoms with Crippen LogP contribution >= 0.6 is 0 Å². The first kappa shape index (κ1) is 21.1. The van der Waals surface area contributed by atoms with Crippen molar-refractivity contribution < 1.29 is 19.1 Å². The number of carbonyl (C=O) groups excluding carboxylic acids is 2. The van der Waals surface area contributed by atoms with Crippen molar-refractivity contribution in [2.24, 2.45) is 0 Å². The Kier molecular flexibility index (Phi) is 6.86. The smallest absolute Gasteiger partial charge is 0.338 e. The number of anilines is 1. The van der Waals surface area contributed by atoms with Crippen LogP contribution in [0.15, 0.2) is 72.8 Å². The summed E-state index contributed by atoms with van der Waals surface area (Å²) >= 11 is 0. The molecule has 0 aliphatic carbocycles. The number of rotatable bonds is 7. The fourth-order valence-electron chi connectivity index (χ4n) is 2.77. The van der Waals surface area contributed by atoms with Crippen LogP contribution in [0, 0.1) is 13.8 Å². The van der Waals surface area contributed by atoms with Gasteiger partial charge in [-0.15, -0.1) is 0 Å². The normalized spacial score (nSPS) is 11.4. The fourth-order valence-corrected chi connectivity index (χ4v) is 2.77. The zero-order valence-electron chi connectivity index (χ0n) is 17.3. The first-order valence-corrected chi connectivity index (χ1v) is 9.78. The summed E-state index contributed by atoms with van der Waals surface area (Å²) < 4.78 is 11.0. The predicted molar refractivity (Wildman–Crippen MR) is 117 cm³/mol. The van der Waals surface area contributed by atoms with Crippen LogP contribution < -0.4 is 10.1 Å². The third-order valence-electron chi connectivity index (χ3n) is 4.77. The maximum atomic E-state index is 12.4. The lowest BCUT2D eigenvalue weighted by Gasteiger charge is -2.14. The molecule has 5 nitrogen and oxygen atoms in total. The summed E-state index contributed by atoms with van der Waals surface area (Å²) in [7, 11) is 0. The van der Waals surface area contributed by atoms with E-state index >= 15 is 0 Å². The van der Waals surface area contributed by atoms with Crippen LogP contribution in [-0.4, -0.2) is 18.0 Å². The molecule has 0 spiro atoms. The summed E-state index contributed by atoms with van der Waals surface area (Å²) in [6.07, 6.45) is -0.923. The molecule has 0 fully saturated rings. The molecule has 0 heterocycles. The molecule has 0 saturated carbocycles. The minimum Gasteiger partial charge on any atom is -0.489 e. The van der Waals surface area contributed by atoms with Gasteiger partial charge in [-0.05, 0) is 73.9 Å². The SMILES string of the molecule is Cc1ccc(C(=O)O[C@H](C)C(=O)Nc2ccc(OCc3ccccc3)cc2)cc1C. The van der Waals surface area contributed by atoms with Gasteiger partial charge in [-0.3, -0.25) is 4.79 Å². The van der Waals surface area contributed by atoms with E-state index in [1.54, 1.807) is 43.3 Å². The van der Waals surface area contributed by atoms with Crippen molar-refractivity contribution in [2.75, 3.05) is 5.32 Å².